The normalized spacial score (nSPS) is 16.2. The predicted octanol–water partition coefficient (Wildman–Crippen LogP) is 3.26. The summed E-state index contributed by atoms with van der Waals surface area (Å²) in [4.78, 5) is 0. The SMILES string of the molecule is CCc1ccn2c(CC3CC3)nnc2c1C(F)(F)F. The predicted molar refractivity (Wildman–Crippen MR) is 63.8 cm³/mol. The van der Waals surface area contributed by atoms with Crippen molar-refractivity contribution in [2.45, 2.75) is 38.8 Å². The Hall–Kier alpha value is -1.59. The van der Waals surface area contributed by atoms with E-state index in [0.29, 0.717) is 24.6 Å². The first-order valence-electron chi connectivity index (χ1n) is 6.43. The van der Waals surface area contributed by atoms with Gasteiger partial charge in [-0.2, -0.15) is 13.2 Å². The highest BCUT2D eigenvalue weighted by molar-refractivity contribution is 5.53. The van der Waals surface area contributed by atoms with Crippen LogP contribution in [0.1, 0.15) is 36.7 Å². The van der Waals surface area contributed by atoms with E-state index in [1.807, 2.05) is 0 Å². The number of alkyl halides is 3. The first-order valence-corrected chi connectivity index (χ1v) is 6.43. The van der Waals surface area contributed by atoms with E-state index in [0.717, 1.165) is 12.8 Å². The number of rotatable bonds is 3. The van der Waals surface area contributed by atoms with E-state index >= 15 is 0 Å². The minimum atomic E-state index is -4.39. The molecule has 6 heteroatoms. The van der Waals surface area contributed by atoms with E-state index in [1.54, 1.807) is 13.1 Å². The molecule has 0 radical (unpaired) electrons. The highest BCUT2D eigenvalue weighted by Gasteiger charge is 2.37. The van der Waals surface area contributed by atoms with Crippen molar-refractivity contribution < 1.29 is 13.2 Å². The smallest absolute Gasteiger partial charge is 0.286 e. The van der Waals surface area contributed by atoms with E-state index < -0.39 is 11.7 Å². The zero-order chi connectivity index (χ0) is 13.6. The molecule has 2 aromatic heterocycles. The molecular formula is C13H14F3N3. The fourth-order valence-electron chi connectivity index (χ4n) is 2.37. The average Bonchev–Trinajstić information content (AvgIpc) is 3.07. The summed E-state index contributed by atoms with van der Waals surface area (Å²) in [5.41, 5.74) is -0.445. The molecule has 0 amide bonds. The monoisotopic (exact) mass is 269 g/mol. The van der Waals surface area contributed by atoms with Crippen LogP contribution in [0, 0.1) is 5.92 Å². The van der Waals surface area contributed by atoms with Gasteiger partial charge in [-0.25, -0.2) is 0 Å². The van der Waals surface area contributed by atoms with Gasteiger partial charge in [0.1, 0.15) is 11.4 Å². The lowest BCUT2D eigenvalue weighted by atomic mass is 10.1. The molecule has 3 nitrogen and oxygen atoms in total. The number of halogens is 3. The maximum Gasteiger partial charge on any atom is 0.420 e. The van der Waals surface area contributed by atoms with Crippen molar-refractivity contribution in [1.29, 1.82) is 0 Å². The Kier molecular flexibility index (Phi) is 2.76. The first kappa shape index (κ1) is 12.4. The van der Waals surface area contributed by atoms with Gasteiger partial charge in [0.15, 0.2) is 5.65 Å². The molecule has 19 heavy (non-hydrogen) atoms. The van der Waals surface area contributed by atoms with E-state index in [2.05, 4.69) is 10.2 Å². The van der Waals surface area contributed by atoms with Gasteiger partial charge in [0.25, 0.3) is 0 Å². The van der Waals surface area contributed by atoms with Gasteiger partial charge in [0.05, 0.1) is 0 Å². The third kappa shape index (κ3) is 2.19. The number of hydrogen-bond acceptors (Lipinski definition) is 2. The van der Waals surface area contributed by atoms with Gasteiger partial charge >= 0.3 is 6.18 Å². The molecular weight excluding hydrogens is 255 g/mol. The van der Waals surface area contributed by atoms with E-state index in [1.165, 1.54) is 10.5 Å². The van der Waals surface area contributed by atoms with Crippen LogP contribution in [-0.4, -0.2) is 14.6 Å². The minimum Gasteiger partial charge on any atom is -0.286 e. The molecule has 0 bridgehead atoms. The van der Waals surface area contributed by atoms with Crippen molar-refractivity contribution in [2.75, 3.05) is 0 Å². The highest BCUT2D eigenvalue weighted by Crippen LogP contribution is 2.36. The lowest BCUT2D eigenvalue weighted by Crippen LogP contribution is -2.12. The molecule has 3 rings (SSSR count). The Morgan fingerprint density at radius 2 is 2.05 bits per heavy atom. The van der Waals surface area contributed by atoms with E-state index in [4.69, 9.17) is 0 Å². The van der Waals surface area contributed by atoms with Crippen LogP contribution in [0.3, 0.4) is 0 Å². The molecule has 0 N–H and O–H groups in total. The number of nitrogens with zero attached hydrogens (tertiary/aromatic N) is 3. The molecule has 0 atom stereocenters. The number of fused-ring (bicyclic) bond motifs is 1. The third-order valence-electron chi connectivity index (χ3n) is 3.57. The summed E-state index contributed by atoms with van der Waals surface area (Å²) in [6.07, 6.45) is 0.571. The van der Waals surface area contributed by atoms with Crippen molar-refractivity contribution in [3.05, 3.63) is 29.2 Å². The fraction of sp³-hybridized carbons (Fsp3) is 0.538. The van der Waals surface area contributed by atoms with Crippen LogP contribution in [0.4, 0.5) is 13.2 Å². The molecule has 1 aliphatic rings. The Morgan fingerprint density at radius 3 is 2.63 bits per heavy atom. The summed E-state index contributed by atoms with van der Waals surface area (Å²) < 4.78 is 41.0. The summed E-state index contributed by atoms with van der Waals surface area (Å²) in [6, 6.07) is 1.52. The summed E-state index contributed by atoms with van der Waals surface area (Å²) in [7, 11) is 0. The molecule has 0 unspecified atom stereocenters. The van der Waals surface area contributed by atoms with Gasteiger partial charge < -0.3 is 0 Å². The van der Waals surface area contributed by atoms with Gasteiger partial charge in [0.2, 0.25) is 0 Å². The van der Waals surface area contributed by atoms with Gasteiger partial charge in [-0.3, -0.25) is 4.40 Å². The second-order valence-electron chi connectivity index (χ2n) is 5.02. The molecule has 2 aromatic rings. The van der Waals surface area contributed by atoms with Crippen molar-refractivity contribution >= 4 is 5.65 Å². The van der Waals surface area contributed by atoms with Gasteiger partial charge in [-0.15, -0.1) is 10.2 Å². The lowest BCUT2D eigenvalue weighted by molar-refractivity contribution is -0.137. The second-order valence-corrected chi connectivity index (χ2v) is 5.02. The quantitative estimate of drug-likeness (QED) is 0.856. The number of hydrogen-bond donors (Lipinski definition) is 0. The molecule has 1 saturated carbocycles. The summed E-state index contributed by atoms with van der Waals surface area (Å²) >= 11 is 0. The van der Waals surface area contributed by atoms with Crippen molar-refractivity contribution in [3.8, 4) is 0 Å². The Morgan fingerprint density at radius 1 is 1.32 bits per heavy atom. The maximum atomic E-state index is 13.2. The van der Waals surface area contributed by atoms with Crippen LogP contribution in [0.25, 0.3) is 5.65 Å². The molecule has 0 aliphatic heterocycles. The number of aryl methyl sites for hydroxylation is 1. The van der Waals surface area contributed by atoms with Crippen LogP contribution in [0.5, 0.6) is 0 Å². The van der Waals surface area contributed by atoms with Crippen LogP contribution in [0.2, 0.25) is 0 Å². The zero-order valence-corrected chi connectivity index (χ0v) is 10.5. The largest absolute Gasteiger partial charge is 0.420 e. The van der Waals surface area contributed by atoms with Crippen molar-refractivity contribution in [3.63, 3.8) is 0 Å². The van der Waals surface area contributed by atoms with Crippen LogP contribution >= 0.6 is 0 Å². The average molecular weight is 269 g/mol. The van der Waals surface area contributed by atoms with Crippen LogP contribution < -0.4 is 0 Å². The molecule has 0 spiro atoms. The van der Waals surface area contributed by atoms with Crippen molar-refractivity contribution in [1.82, 2.24) is 14.6 Å². The second kappa shape index (κ2) is 4.21. The topological polar surface area (TPSA) is 30.2 Å². The van der Waals surface area contributed by atoms with Gasteiger partial charge in [0, 0.05) is 12.6 Å². The molecule has 0 saturated heterocycles. The van der Waals surface area contributed by atoms with Gasteiger partial charge in [-0.1, -0.05) is 6.92 Å². The summed E-state index contributed by atoms with van der Waals surface area (Å²) in [6.45, 7) is 1.71. The fourth-order valence-corrected chi connectivity index (χ4v) is 2.37. The molecule has 1 fully saturated rings. The summed E-state index contributed by atoms with van der Waals surface area (Å²) in [5, 5.41) is 7.71. The molecule has 2 heterocycles. The van der Waals surface area contributed by atoms with Crippen molar-refractivity contribution in [2.24, 2.45) is 5.92 Å². The number of pyridine rings is 1. The Balaban J connectivity index is 2.16. The number of aromatic nitrogens is 3. The Labute approximate surface area is 108 Å². The standard InChI is InChI=1S/C13H14F3N3/c1-2-9-5-6-19-10(7-8-3-4-8)17-18-12(19)11(9)13(14,15)16/h5-6,8H,2-4,7H2,1H3. The van der Waals surface area contributed by atoms with E-state index in [9.17, 15) is 13.2 Å². The lowest BCUT2D eigenvalue weighted by Gasteiger charge is -2.12. The highest BCUT2D eigenvalue weighted by atomic mass is 19.4. The molecule has 102 valence electrons. The minimum absolute atomic E-state index is 0.0671. The maximum absolute atomic E-state index is 13.2. The van der Waals surface area contributed by atoms with Crippen LogP contribution in [0.15, 0.2) is 12.3 Å². The zero-order valence-electron chi connectivity index (χ0n) is 10.5. The summed E-state index contributed by atoms with van der Waals surface area (Å²) in [5.74, 6) is 1.19. The van der Waals surface area contributed by atoms with Crippen LogP contribution in [-0.2, 0) is 19.0 Å². The molecule has 1 aliphatic carbocycles. The first-order chi connectivity index (χ1) is 9.00. The molecule has 0 aromatic carbocycles. The van der Waals surface area contributed by atoms with E-state index in [-0.39, 0.29) is 11.2 Å². The third-order valence-corrected chi connectivity index (χ3v) is 3.57. The Bertz CT molecular complexity index is 611. The van der Waals surface area contributed by atoms with Gasteiger partial charge in [-0.05, 0) is 36.8 Å².